The Bertz CT molecular complexity index is 275. The van der Waals surface area contributed by atoms with Gasteiger partial charge in [0.2, 0.25) is 0 Å². The summed E-state index contributed by atoms with van der Waals surface area (Å²) in [6.07, 6.45) is 12.2. The molecular formula is C14H27N3S. The summed E-state index contributed by atoms with van der Waals surface area (Å²) < 4.78 is 3.93. The molecule has 1 heterocycles. The maximum atomic E-state index is 4.14. The highest BCUT2D eigenvalue weighted by molar-refractivity contribution is 7.03. The van der Waals surface area contributed by atoms with Crippen molar-refractivity contribution < 1.29 is 0 Å². The van der Waals surface area contributed by atoms with Gasteiger partial charge in [-0.05, 0) is 25.0 Å². The SMILES string of the molecule is CCCCCCCCCCC(NC)c1csnn1. The molecule has 1 rings (SSSR count). The van der Waals surface area contributed by atoms with Gasteiger partial charge in [0.25, 0.3) is 0 Å². The van der Waals surface area contributed by atoms with Crippen molar-refractivity contribution >= 4 is 11.5 Å². The first kappa shape index (κ1) is 15.6. The van der Waals surface area contributed by atoms with E-state index in [4.69, 9.17) is 0 Å². The topological polar surface area (TPSA) is 37.8 Å². The number of nitrogens with one attached hydrogen (secondary N) is 1. The second-order valence-corrected chi connectivity index (χ2v) is 5.54. The first-order chi connectivity index (χ1) is 8.88. The van der Waals surface area contributed by atoms with E-state index in [0.717, 1.165) is 5.69 Å². The molecule has 18 heavy (non-hydrogen) atoms. The third-order valence-electron chi connectivity index (χ3n) is 3.43. The van der Waals surface area contributed by atoms with Gasteiger partial charge in [-0.1, -0.05) is 62.8 Å². The maximum Gasteiger partial charge on any atom is 0.0924 e. The van der Waals surface area contributed by atoms with Crippen LogP contribution in [0.15, 0.2) is 5.38 Å². The van der Waals surface area contributed by atoms with E-state index in [-0.39, 0.29) is 0 Å². The van der Waals surface area contributed by atoms with Crippen molar-refractivity contribution in [2.75, 3.05) is 7.05 Å². The number of aromatic nitrogens is 2. The molecule has 1 aromatic heterocycles. The van der Waals surface area contributed by atoms with Gasteiger partial charge in [-0.2, -0.15) is 0 Å². The summed E-state index contributed by atoms with van der Waals surface area (Å²) >= 11 is 1.44. The Balaban J connectivity index is 1.99. The highest BCUT2D eigenvalue weighted by Crippen LogP contribution is 2.19. The third kappa shape index (κ3) is 6.45. The van der Waals surface area contributed by atoms with Crippen molar-refractivity contribution in [3.05, 3.63) is 11.1 Å². The summed E-state index contributed by atoms with van der Waals surface area (Å²) in [6.45, 7) is 2.27. The van der Waals surface area contributed by atoms with E-state index in [9.17, 15) is 0 Å². The molecule has 0 aromatic carbocycles. The minimum Gasteiger partial charge on any atom is -0.312 e. The first-order valence-corrected chi connectivity index (χ1v) is 8.16. The summed E-state index contributed by atoms with van der Waals surface area (Å²) in [4.78, 5) is 0. The Kier molecular flexibility index (Phi) is 9.04. The molecule has 0 aliphatic heterocycles. The predicted molar refractivity (Wildman–Crippen MR) is 78.9 cm³/mol. The molecule has 1 atom stereocenters. The van der Waals surface area contributed by atoms with E-state index in [2.05, 4.69) is 21.8 Å². The second-order valence-electron chi connectivity index (χ2n) is 4.93. The molecule has 1 N–H and O–H groups in total. The van der Waals surface area contributed by atoms with Gasteiger partial charge in [0.1, 0.15) is 0 Å². The minimum atomic E-state index is 0.392. The summed E-state index contributed by atoms with van der Waals surface area (Å²) in [7, 11) is 2.01. The summed E-state index contributed by atoms with van der Waals surface area (Å²) in [5, 5.41) is 9.52. The largest absolute Gasteiger partial charge is 0.312 e. The summed E-state index contributed by atoms with van der Waals surface area (Å²) in [5.41, 5.74) is 1.10. The number of hydrogen-bond donors (Lipinski definition) is 1. The van der Waals surface area contributed by atoms with E-state index in [1.165, 1.54) is 69.3 Å². The van der Waals surface area contributed by atoms with Crippen LogP contribution in [0.4, 0.5) is 0 Å². The normalized spacial score (nSPS) is 12.8. The Morgan fingerprint density at radius 3 is 2.33 bits per heavy atom. The predicted octanol–water partition coefficient (Wildman–Crippen LogP) is 4.33. The van der Waals surface area contributed by atoms with Gasteiger partial charge in [0, 0.05) is 5.38 Å². The van der Waals surface area contributed by atoms with E-state index in [1.807, 2.05) is 12.4 Å². The fourth-order valence-corrected chi connectivity index (χ4v) is 2.75. The van der Waals surface area contributed by atoms with Gasteiger partial charge in [0.15, 0.2) is 0 Å². The van der Waals surface area contributed by atoms with Gasteiger partial charge in [-0.15, -0.1) is 5.10 Å². The summed E-state index contributed by atoms with van der Waals surface area (Å²) in [6, 6.07) is 0.392. The molecule has 1 aromatic rings. The molecule has 0 aliphatic carbocycles. The lowest BCUT2D eigenvalue weighted by atomic mass is 10.0. The average Bonchev–Trinajstić information content (AvgIpc) is 2.91. The Hall–Kier alpha value is -0.480. The average molecular weight is 269 g/mol. The highest BCUT2D eigenvalue weighted by Gasteiger charge is 2.10. The number of unbranched alkanes of at least 4 members (excludes halogenated alkanes) is 7. The molecule has 4 heteroatoms. The molecule has 0 saturated heterocycles. The van der Waals surface area contributed by atoms with Crippen LogP contribution in [-0.4, -0.2) is 16.6 Å². The maximum absolute atomic E-state index is 4.14. The van der Waals surface area contributed by atoms with Crippen LogP contribution < -0.4 is 5.32 Å². The Morgan fingerprint density at radius 1 is 1.11 bits per heavy atom. The molecule has 3 nitrogen and oxygen atoms in total. The van der Waals surface area contributed by atoms with Crippen LogP contribution in [0.3, 0.4) is 0 Å². The fraction of sp³-hybridized carbons (Fsp3) is 0.857. The minimum absolute atomic E-state index is 0.392. The lowest BCUT2D eigenvalue weighted by Gasteiger charge is -2.12. The van der Waals surface area contributed by atoms with Crippen LogP contribution >= 0.6 is 11.5 Å². The monoisotopic (exact) mass is 269 g/mol. The van der Waals surface area contributed by atoms with Crippen molar-refractivity contribution in [3.8, 4) is 0 Å². The van der Waals surface area contributed by atoms with Crippen molar-refractivity contribution in [2.45, 2.75) is 70.8 Å². The molecule has 0 saturated carbocycles. The van der Waals surface area contributed by atoms with Gasteiger partial charge in [0.05, 0.1) is 11.7 Å². The van der Waals surface area contributed by atoms with E-state index < -0.39 is 0 Å². The van der Waals surface area contributed by atoms with Gasteiger partial charge in [-0.3, -0.25) is 0 Å². The quantitative estimate of drug-likeness (QED) is 0.608. The molecule has 0 spiro atoms. The Labute approximate surface area is 116 Å². The van der Waals surface area contributed by atoms with Crippen molar-refractivity contribution in [1.29, 1.82) is 0 Å². The van der Waals surface area contributed by atoms with Gasteiger partial charge in [-0.25, -0.2) is 0 Å². The van der Waals surface area contributed by atoms with E-state index >= 15 is 0 Å². The van der Waals surface area contributed by atoms with Gasteiger partial charge >= 0.3 is 0 Å². The molecule has 0 radical (unpaired) electrons. The molecule has 104 valence electrons. The zero-order valence-corrected chi connectivity index (χ0v) is 12.6. The van der Waals surface area contributed by atoms with Crippen LogP contribution in [0.2, 0.25) is 0 Å². The van der Waals surface area contributed by atoms with Crippen LogP contribution in [0.1, 0.15) is 76.4 Å². The van der Waals surface area contributed by atoms with E-state index in [1.54, 1.807) is 0 Å². The fourth-order valence-electron chi connectivity index (χ4n) is 2.25. The lowest BCUT2D eigenvalue weighted by Crippen LogP contribution is -2.16. The van der Waals surface area contributed by atoms with Crippen LogP contribution in [0.25, 0.3) is 0 Å². The van der Waals surface area contributed by atoms with Crippen LogP contribution in [-0.2, 0) is 0 Å². The van der Waals surface area contributed by atoms with Crippen molar-refractivity contribution in [1.82, 2.24) is 14.9 Å². The van der Waals surface area contributed by atoms with E-state index in [0.29, 0.717) is 6.04 Å². The zero-order valence-electron chi connectivity index (χ0n) is 11.8. The molecule has 0 fully saturated rings. The molecule has 1 unspecified atom stereocenters. The third-order valence-corrected chi connectivity index (χ3v) is 3.95. The highest BCUT2D eigenvalue weighted by atomic mass is 32.1. The summed E-state index contributed by atoms with van der Waals surface area (Å²) in [5.74, 6) is 0. The van der Waals surface area contributed by atoms with Crippen molar-refractivity contribution in [2.24, 2.45) is 0 Å². The zero-order chi connectivity index (χ0) is 13.1. The molecule has 0 amide bonds. The molecule has 0 bridgehead atoms. The van der Waals surface area contributed by atoms with Crippen LogP contribution in [0, 0.1) is 0 Å². The number of rotatable bonds is 11. The van der Waals surface area contributed by atoms with Gasteiger partial charge < -0.3 is 5.32 Å². The molecule has 0 aliphatic rings. The smallest absolute Gasteiger partial charge is 0.0924 e. The number of nitrogens with zero attached hydrogens (tertiary/aromatic N) is 2. The number of hydrogen-bond acceptors (Lipinski definition) is 4. The van der Waals surface area contributed by atoms with Crippen LogP contribution in [0.5, 0.6) is 0 Å². The second kappa shape index (κ2) is 10.4. The van der Waals surface area contributed by atoms with Crippen molar-refractivity contribution in [3.63, 3.8) is 0 Å². The molecular weight excluding hydrogens is 242 g/mol. The lowest BCUT2D eigenvalue weighted by molar-refractivity contribution is 0.486. The first-order valence-electron chi connectivity index (χ1n) is 7.32. The standard InChI is InChI=1S/C14H27N3S/c1-3-4-5-6-7-8-9-10-11-13(15-2)14-12-18-17-16-14/h12-13,15H,3-11H2,1-2H3. The Morgan fingerprint density at radius 2 is 1.78 bits per heavy atom.